The van der Waals surface area contributed by atoms with E-state index in [1.165, 1.54) is 16.2 Å². The van der Waals surface area contributed by atoms with Crippen LogP contribution in [0, 0.1) is 5.92 Å². The maximum Gasteiger partial charge on any atom is 0.352 e. The van der Waals surface area contributed by atoms with Gasteiger partial charge in [-0.15, -0.1) is 11.3 Å². The van der Waals surface area contributed by atoms with Gasteiger partial charge in [0.1, 0.15) is 10.7 Å². The topological polar surface area (TPSA) is 89.9 Å². The van der Waals surface area contributed by atoms with Crippen LogP contribution in [0.5, 0.6) is 0 Å². The summed E-state index contributed by atoms with van der Waals surface area (Å²) in [6.45, 7) is 1.56. The number of thiophene rings is 1. The highest BCUT2D eigenvalue weighted by molar-refractivity contribution is 7.81. The molecule has 23 heavy (non-hydrogen) atoms. The average molecular weight is 352 g/mol. The largest absolute Gasteiger partial charge is 0.477 e. The van der Waals surface area contributed by atoms with Crippen molar-refractivity contribution in [3.63, 3.8) is 0 Å². The van der Waals surface area contributed by atoms with Gasteiger partial charge in [-0.3, -0.25) is 4.79 Å². The molecule has 1 amide bonds. The van der Waals surface area contributed by atoms with Gasteiger partial charge in [-0.1, -0.05) is 12.2 Å². The van der Waals surface area contributed by atoms with Crippen molar-refractivity contribution in [3.8, 4) is 0 Å². The molecule has 3 atom stereocenters. The number of nitrogens with one attached hydrogen (secondary N) is 1. The summed E-state index contributed by atoms with van der Waals surface area (Å²) in [5, 5.41) is 24.0. The molecular formula is C15H16N2O4S2. The summed E-state index contributed by atoms with van der Waals surface area (Å²) in [6, 6.07) is 1.57. The molecule has 6 nitrogen and oxygen atoms in total. The molecule has 0 aromatic carbocycles. The zero-order valence-corrected chi connectivity index (χ0v) is 14.2. The highest BCUT2D eigenvalue weighted by Gasteiger charge is 2.56. The number of aliphatic carboxylic acids is 1. The van der Waals surface area contributed by atoms with Gasteiger partial charge >= 0.3 is 5.97 Å². The average Bonchev–Trinajstić information content (AvgIpc) is 3.08. The van der Waals surface area contributed by atoms with E-state index in [0.29, 0.717) is 17.0 Å². The Morgan fingerprint density at radius 2 is 2.26 bits per heavy atom. The summed E-state index contributed by atoms with van der Waals surface area (Å²) in [6.07, 6.45) is -0.348. The Balaban J connectivity index is 1.98. The predicted molar refractivity (Wildman–Crippen MR) is 90.1 cm³/mol. The van der Waals surface area contributed by atoms with Crippen LogP contribution in [-0.2, 0) is 9.59 Å². The summed E-state index contributed by atoms with van der Waals surface area (Å²) < 4.78 is 0. The second-order valence-corrected chi connectivity index (χ2v) is 6.98. The second kappa shape index (κ2) is 5.70. The lowest BCUT2D eigenvalue weighted by Gasteiger charge is -2.44. The first-order chi connectivity index (χ1) is 10.9. The second-order valence-electron chi connectivity index (χ2n) is 5.66. The van der Waals surface area contributed by atoms with Crippen molar-refractivity contribution in [1.82, 2.24) is 10.2 Å². The third-order valence-corrected chi connectivity index (χ3v) is 5.83. The standard InChI is InChI=1S/C15H16N2O4S2/c1-6(18)11-9-4-8(12(15(20)21)17(9)14(11)19)7-3-10(23-5-7)13(22)16-2/h3,5-6,9,11,18H,4H2,1-2H3,(H,16,22)(H,20,21)/t6-,9?,11?/m1/s1. The van der Waals surface area contributed by atoms with Crippen LogP contribution in [0.25, 0.3) is 5.57 Å². The molecule has 0 saturated carbocycles. The molecule has 2 aliphatic rings. The smallest absolute Gasteiger partial charge is 0.352 e. The van der Waals surface area contributed by atoms with E-state index in [1.807, 2.05) is 11.4 Å². The molecule has 1 aromatic rings. The Bertz CT molecular complexity index is 738. The van der Waals surface area contributed by atoms with E-state index in [-0.39, 0.29) is 17.6 Å². The van der Waals surface area contributed by atoms with Gasteiger partial charge in [0.15, 0.2) is 0 Å². The van der Waals surface area contributed by atoms with E-state index in [0.717, 1.165) is 10.4 Å². The van der Waals surface area contributed by atoms with Crippen molar-refractivity contribution in [2.75, 3.05) is 7.05 Å². The summed E-state index contributed by atoms with van der Waals surface area (Å²) in [5.41, 5.74) is 1.42. The zero-order valence-electron chi connectivity index (χ0n) is 12.6. The number of carbonyl (C=O) groups excluding carboxylic acids is 1. The fourth-order valence-electron chi connectivity index (χ4n) is 3.26. The molecule has 8 heteroatoms. The van der Waals surface area contributed by atoms with Crippen molar-refractivity contribution in [1.29, 1.82) is 0 Å². The predicted octanol–water partition coefficient (Wildman–Crippen LogP) is 1.05. The van der Waals surface area contributed by atoms with Crippen molar-refractivity contribution in [3.05, 3.63) is 27.6 Å². The van der Waals surface area contributed by atoms with Gasteiger partial charge in [-0.05, 0) is 35.9 Å². The third-order valence-electron chi connectivity index (χ3n) is 4.33. The molecule has 0 aliphatic carbocycles. The van der Waals surface area contributed by atoms with Gasteiger partial charge in [0.25, 0.3) is 0 Å². The Morgan fingerprint density at radius 1 is 1.57 bits per heavy atom. The number of fused-ring (bicyclic) bond motifs is 1. The number of hydrogen-bond acceptors (Lipinski definition) is 5. The highest BCUT2D eigenvalue weighted by Crippen LogP contribution is 2.47. The molecule has 1 aromatic heterocycles. The Labute approximate surface area is 142 Å². The van der Waals surface area contributed by atoms with E-state index >= 15 is 0 Å². The third kappa shape index (κ3) is 2.37. The molecule has 122 valence electrons. The van der Waals surface area contributed by atoms with Crippen molar-refractivity contribution >= 4 is 46.0 Å². The number of amides is 1. The van der Waals surface area contributed by atoms with Crippen LogP contribution in [0.3, 0.4) is 0 Å². The minimum atomic E-state index is -1.12. The molecule has 2 aliphatic heterocycles. The molecule has 1 fully saturated rings. The molecule has 0 radical (unpaired) electrons. The van der Waals surface area contributed by atoms with Gasteiger partial charge in [0.05, 0.1) is 22.9 Å². The lowest BCUT2D eigenvalue weighted by atomic mass is 9.82. The molecule has 1 saturated heterocycles. The van der Waals surface area contributed by atoms with Crippen LogP contribution >= 0.6 is 23.6 Å². The first-order valence-corrected chi connectivity index (χ1v) is 8.44. The van der Waals surface area contributed by atoms with Crippen LogP contribution in [0.1, 0.15) is 23.8 Å². The molecule has 0 bridgehead atoms. The van der Waals surface area contributed by atoms with Crippen molar-refractivity contribution < 1.29 is 19.8 Å². The summed E-state index contributed by atoms with van der Waals surface area (Å²) in [4.78, 5) is 26.6. The summed E-state index contributed by atoms with van der Waals surface area (Å²) in [5.74, 6) is -1.97. The minimum Gasteiger partial charge on any atom is -0.477 e. The summed E-state index contributed by atoms with van der Waals surface area (Å²) >= 11 is 6.62. The fourth-order valence-corrected chi connectivity index (χ4v) is 4.34. The fraction of sp³-hybridized carbons (Fsp3) is 0.400. The maximum absolute atomic E-state index is 12.2. The number of hydrogen-bond donors (Lipinski definition) is 3. The van der Waals surface area contributed by atoms with E-state index in [9.17, 15) is 19.8 Å². The van der Waals surface area contributed by atoms with Crippen LogP contribution in [0.2, 0.25) is 0 Å². The Morgan fingerprint density at radius 3 is 2.83 bits per heavy atom. The van der Waals surface area contributed by atoms with Gasteiger partial charge in [-0.2, -0.15) is 0 Å². The number of aliphatic hydroxyl groups excluding tert-OH is 1. The monoisotopic (exact) mass is 352 g/mol. The number of aliphatic hydroxyl groups is 1. The van der Waals surface area contributed by atoms with E-state index in [4.69, 9.17) is 12.2 Å². The molecule has 3 N–H and O–H groups in total. The zero-order chi connectivity index (χ0) is 16.9. The van der Waals surface area contributed by atoms with Crippen LogP contribution in [0.15, 0.2) is 17.1 Å². The number of carbonyl (C=O) groups is 2. The van der Waals surface area contributed by atoms with Crippen LogP contribution < -0.4 is 5.32 Å². The maximum atomic E-state index is 12.2. The van der Waals surface area contributed by atoms with Gasteiger partial charge in [0, 0.05) is 7.05 Å². The number of nitrogens with zero attached hydrogens (tertiary/aromatic N) is 1. The molecule has 0 spiro atoms. The van der Waals surface area contributed by atoms with Crippen molar-refractivity contribution in [2.24, 2.45) is 5.92 Å². The van der Waals surface area contributed by atoms with E-state index in [1.54, 1.807) is 14.0 Å². The van der Waals surface area contributed by atoms with Gasteiger partial charge < -0.3 is 20.4 Å². The molecule has 3 rings (SSSR count). The highest BCUT2D eigenvalue weighted by atomic mass is 32.1. The van der Waals surface area contributed by atoms with Gasteiger partial charge in [0.2, 0.25) is 5.91 Å². The number of carboxylic acid groups (broad SMARTS) is 1. The normalized spacial score (nSPS) is 24.3. The SMILES string of the molecule is CNC(=S)c1cc(C2=C(C(=O)O)N3C(=O)C([C@@H](C)O)C3C2)cs1. The number of rotatable bonds is 4. The molecule has 2 unspecified atom stereocenters. The lowest BCUT2D eigenvalue weighted by molar-refractivity contribution is -0.161. The van der Waals surface area contributed by atoms with Gasteiger partial charge in [-0.25, -0.2) is 4.79 Å². The quantitative estimate of drug-likeness (QED) is 0.554. The van der Waals surface area contributed by atoms with E-state index < -0.39 is 18.0 Å². The Hall–Kier alpha value is -1.77. The van der Waals surface area contributed by atoms with E-state index in [2.05, 4.69) is 5.32 Å². The van der Waals surface area contributed by atoms with Crippen LogP contribution in [-0.4, -0.2) is 51.2 Å². The number of β-lactam (4-membered cyclic amide) rings is 1. The van der Waals surface area contributed by atoms with Crippen molar-refractivity contribution in [2.45, 2.75) is 25.5 Å². The molecular weight excluding hydrogens is 336 g/mol. The molecule has 3 heterocycles. The lowest BCUT2D eigenvalue weighted by Crippen LogP contribution is -2.61. The Kier molecular flexibility index (Phi) is 3.99. The summed E-state index contributed by atoms with van der Waals surface area (Å²) in [7, 11) is 1.73. The number of thiocarbonyl (C=S) groups is 1. The first-order valence-electron chi connectivity index (χ1n) is 7.15. The first kappa shape index (κ1) is 16.1. The number of carboxylic acids is 1. The van der Waals surface area contributed by atoms with Crippen LogP contribution in [0.4, 0.5) is 0 Å². The minimum absolute atomic E-state index is 0.0247.